The molecule has 1 nitrogen and oxygen atoms in total. The molecule has 0 aliphatic heterocycles. The van der Waals surface area contributed by atoms with Gasteiger partial charge in [0.05, 0.1) is 11.3 Å². The molecule has 0 aromatic heterocycles. The van der Waals surface area contributed by atoms with Gasteiger partial charge in [-0.3, -0.25) is 4.79 Å². The molecular formula is C14H9BrF2OS. The lowest BCUT2D eigenvalue weighted by Crippen LogP contribution is -2.05. The minimum Gasteiger partial charge on any atom is -0.293 e. The van der Waals surface area contributed by atoms with Crippen molar-refractivity contribution in [1.82, 2.24) is 0 Å². The summed E-state index contributed by atoms with van der Waals surface area (Å²) < 4.78 is 27.1. The largest absolute Gasteiger partial charge is 0.293 e. The van der Waals surface area contributed by atoms with E-state index in [1.165, 1.54) is 42.1 Å². The number of thioether (sulfide) groups is 1. The Labute approximate surface area is 122 Å². The highest BCUT2D eigenvalue weighted by atomic mass is 79.9. The Kier molecular flexibility index (Phi) is 4.71. The third-order valence-corrected chi connectivity index (χ3v) is 3.88. The smallest absolute Gasteiger partial charge is 0.176 e. The lowest BCUT2D eigenvalue weighted by Gasteiger charge is -2.04. The van der Waals surface area contributed by atoms with Crippen molar-refractivity contribution in [2.75, 3.05) is 5.75 Å². The molecule has 2 aromatic rings. The molecule has 0 bridgehead atoms. The number of rotatable bonds is 4. The summed E-state index contributed by atoms with van der Waals surface area (Å²) in [7, 11) is 0. The average Bonchev–Trinajstić information content (AvgIpc) is 2.39. The maximum absolute atomic E-state index is 13.5. The molecule has 0 fully saturated rings. The summed E-state index contributed by atoms with van der Waals surface area (Å²) in [6.07, 6.45) is 0. The topological polar surface area (TPSA) is 17.1 Å². The number of Topliss-reactive ketones (excluding diaryl/α,β-unsaturated/α-hetero) is 1. The minimum atomic E-state index is -0.548. The van der Waals surface area contributed by atoms with Crippen LogP contribution in [0.3, 0.4) is 0 Å². The van der Waals surface area contributed by atoms with E-state index in [9.17, 15) is 13.6 Å². The number of halogens is 3. The molecule has 98 valence electrons. The van der Waals surface area contributed by atoms with Crippen molar-refractivity contribution in [3.63, 3.8) is 0 Å². The van der Waals surface area contributed by atoms with E-state index in [1.54, 1.807) is 12.1 Å². The Hall–Kier alpha value is -1.20. The SMILES string of the molecule is O=C(CSc1cccc(F)c1)c1cc(Br)ccc1F. The van der Waals surface area contributed by atoms with Gasteiger partial charge in [-0.15, -0.1) is 11.8 Å². The zero-order valence-electron chi connectivity index (χ0n) is 9.70. The minimum absolute atomic E-state index is 0.0401. The first-order valence-electron chi connectivity index (χ1n) is 5.43. The Balaban J connectivity index is 2.07. The lowest BCUT2D eigenvalue weighted by atomic mass is 10.1. The standard InChI is InChI=1S/C14H9BrF2OS/c15-9-4-5-13(17)12(6-9)14(18)8-19-11-3-1-2-10(16)7-11/h1-7H,8H2. The zero-order valence-corrected chi connectivity index (χ0v) is 12.1. The summed E-state index contributed by atoms with van der Waals surface area (Å²) in [5.74, 6) is -1.16. The number of benzene rings is 2. The first kappa shape index (κ1) is 14.2. The van der Waals surface area contributed by atoms with E-state index < -0.39 is 5.82 Å². The van der Waals surface area contributed by atoms with Gasteiger partial charge in [0, 0.05) is 9.37 Å². The van der Waals surface area contributed by atoms with Crippen LogP contribution in [0.2, 0.25) is 0 Å². The van der Waals surface area contributed by atoms with Gasteiger partial charge in [0.1, 0.15) is 11.6 Å². The van der Waals surface area contributed by atoms with Gasteiger partial charge in [0.2, 0.25) is 0 Å². The van der Waals surface area contributed by atoms with Gasteiger partial charge < -0.3 is 0 Å². The van der Waals surface area contributed by atoms with Crippen LogP contribution in [-0.4, -0.2) is 11.5 Å². The van der Waals surface area contributed by atoms with E-state index in [4.69, 9.17) is 0 Å². The van der Waals surface area contributed by atoms with Gasteiger partial charge >= 0.3 is 0 Å². The van der Waals surface area contributed by atoms with Crippen LogP contribution in [0.15, 0.2) is 51.8 Å². The molecular weight excluding hydrogens is 334 g/mol. The lowest BCUT2D eigenvalue weighted by molar-refractivity contribution is 0.101. The average molecular weight is 343 g/mol. The summed E-state index contributed by atoms with van der Waals surface area (Å²) >= 11 is 4.38. The fraction of sp³-hybridized carbons (Fsp3) is 0.0714. The summed E-state index contributed by atoms with van der Waals surface area (Å²) in [6.45, 7) is 0. The van der Waals surface area contributed by atoms with Crippen LogP contribution in [0.1, 0.15) is 10.4 Å². The molecule has 5 heteroatoms. The highest BCUT2D eigenvalue weighted by molar-refractivity contribution is 9.10. The normalized spacial score (nSPS) is 10.5. The highest BCUT2D eigenvalue weighted by Gasteiger charge is 2.12. The number of carbonyl (C=O) groups excluding carboxylic acids is 1. The molecule has 0 saturated heterocycles. The van der Waals surface area contributed by atoms with E-state index in [0.717, 1.165) is 0 Å². The maximum Gasteiger partial charge on any atom is 0.176 e. The van der Waals surface area contributed by atoms with Gasteiger partial charge in [-0.2, -0.15) is 0 Å². The van der Waals surface area contributed by atoms with Gasteiger partial charge in [-0.1, -0.05) is 22.0 Å². The van der Waals surface area contributed by atoms with Crippen LogP contribution in [0.25, 0.3) is 0 Å². The predicted molar refractivity (Wildman–Crippen MR) is 75.6 cm³/mol. The van der Waals surface area contributed by atoms with Gasteiger partial charge in [-0.25, -0.2) is 8.78 Å². The fourth-order valence-corrected chi connectivity index (χ4v) is 2.68. The van der Waals surface area contributed by atoms with E-state index in [2.05, 4.69) is 15.9 Å². The van der Waals surface area contributed by atoms with Crippen molar-refractivity contribution in [1.29, 1.82) is 0 Å². The first-order chi connectivity index (χ1) is 9.06. The molecule has 0 spiro atoms. The number of ketones is 1. The summed E-state index contributed by atoms with van der Waals surface area (Å²) in [4.78, 5) is 12.5. The van der Waals surface area contributed by atoms with Crippen LogP contribution in [0, 0.1) is 11.6 Å². The third-order valence-electron chi connectivity index (χ3n) is 2.39. The molecule has 2 rings (SSSR count). The predicted octanol–water partition coefficient (Wildman–Crippen LogP) is 4.70. The molecule has 0 amide bonds. The second-order valence-electron chi connectivity index (χ2n) is 3.79. The second kappa shape index (κ2) is 6.30. The molecule has 0 N–H and O–H groups in total. The van der Waals surface area contributed by atoms with Crippen molar-refractivity contribution in [3.05, 3.63) is 64.1 Å². The van der Waals surface area contributed by atoms with E-state index in [1.807, 2.05) is 0 Å². The quantitative estimate of drug-likeness (QED) is 0.591. The molecule has 0 heterocycles. The number of carbonyl (C=O) groups is 1. The van der Waals surface area contributed by atoms with Gasteiger partial charge in [-0.05, 0) is 36.4 Å². The van der Waals surface area contributed by atoms with E-state index in [0.29, 0.717) is 9.37 Å². The number of hydrogen-bond donors (Lipinski definition) is 0. The molecule has 0 unspecified atom stereocenters. The maximum atomic E-state index is 13.5. The molecule has 0 aliphatic rings. The van der Waals surface area contributed by atoms with Gasteiger partial charge in [0.25, 0.3) is 0 Å². The molecule has 0 aliphatic carbocycles. The fourth-order valence-electron chi connectivity index (χ4n) is 1.49. The summed E-state index contributed by atoms with van der Waals surface area (Å²) in [6, 6.07) is 10.2. The second-order valence-corrected chi connectivity index (χ2v) is 5.76. The van der Waals surface area contributed by atoms with Crippen molar-refractivity contribution in [2.24, 2.45) is 0 Å². The van der Waals surface area contributed by atoms with Crippen molar-refractivity contribution in [2.45, 2.75) is 4.90 Å². The van der Waals surface area contributed by atoms with Crippen molar-refractivity contribution >= 4 is 33.5 Å². The molecule has 0 atom stereocenters. The van der Waals surface area contributed by atoms with Gasteiger partial charge in [0.15, 0.2) is 5.78 Å². The highest BCUT2D eigenvalue weighted by Crippen LogP contribution is 2.22. The Morgan fingerprint density at radius 3 is 2.68 bits per heavy atom. The van der Waals surface area contributed by atoms with Crippen LogP contribution in [0.4, 0.5) is 8.78 Å². The van der Waals surface area contributed by atoms with E-state index >= 15 is 0 Å². The van der Waals surface area contributed by atoms with Crippen molar-refractivity contribution in [3.8, 4) is 0 Å². The van der Waals surface area contributed by atoms with Crippen molar-refractivity contribution < 1.29 is 13.6 Å². The van der Waals surface area contributed by atoms with Crippen LogP contribution in [0.5, 0.6) is 0 Å². The van der Waals surface area contributed by atoms with Crippen LogP contribution in [-0.2, 0) is 0 Å². The monoisotopic (exact) mass is 342 g/mol. The Morgan fingerprint density at radius 1 is 1.16 bits per heavy atom. The third kappa shape index (κ3) is 3.88. The van der Waals surface area contributed by atoms with Crippen LogP contribution < -0.4 is 0 Å². The summed E-state index contributed by atoms with van der Waals surface area (Å²) in [5.41, 5.74) is 0.0401. The molecule has 2 aromatic carbocycles. The first-order valence-corrected chi connectivity index (χ1v) is 7.21. The Bertz CT molecular complexity index is 616. The molecule has 0 saturated carbocycles. The number of hydrogen-bond acceptors (Lipinski definition) is 2. The Morgan fingerprint density at radius 2 is 1.95 bits per heavy atom. The van der Waals surface area contributed by atoms with E-state index in [-0.39, 0.29) is 22.9 Å². The van der Waals surface area contributed by atoms with Crippen LogP contribution >= 0.6 is 27.7 Å². The zero-order chi connectivity index (χ0) is 13.8. The molecule has 0 radical (unpaired) electrons. The molecule has 19 heavy (non-hydrogen) atoms. The summed E-state index contributed by atoms with van der Waals surface area (Å²) in [5, 5.41) is 0.